The van der Waals surface area contributed by atoms with Crippen LogP contribution in [0.25, 0.3) is 0 Å². The summed E-state index contributed by atoms with van der Waals surface area (Å²) in [6.07, 6.45) is 0.606. The molecule has 1 aromatic heterocycles. The van der Waals surface area contributed by atoms with Gasteiger partial charge in [0.25, 0.3) is 0 Å². The molecule has 1 unspecified atom stereocenters. The molecule has 0 aliphatic carbocycles. The van der Waals surface area contributed by atoms with Crippen LogP contribution in [0.1, 0.15) is 43.1 Å². The highest BCUT2D eigenvalue weighted by Gasteiger charge is 2.38. The Balaban J connectivity index is 1.65. The molecule has 0 spiro atoms. The van der Waals surface area contributed by atoms with Crippen LogP contribution in [0.5, 0.6) is 11.5 Å². The molecule has 0 radical (unpaired) electrons. The van der Waals surface area contributed by atoms with Crippen molar-refractivity contribution >= 4 is 17.4 Å². The number of hydrogen-bond acceptors (Lipinski definition) is 6. The second-order valence-corrected chi connectivity index (χ2v) is 7.36. The van der Waals surface area contributed by atoms with E-state index in [1.54, 1.807) is 37.3 Å². The van der Waals surface area contributed by atoms with Crippen LogP contribution in [0.15, 0.2) is 47.0 Å². The highest BCUT2D eigenvalue weighted by Crippen LogP contribution is 2.40. The maximum absolute atomic E-state index is 13.3. The van der Waals surface area contributed by atoms with Gasteiger partial charge in [0, 0.05) is 29.8 Å². The van der Waals surface area contributed by atoms with Crippen LogP contribution >= 0.6 is 0 Å². The first-order valence-electron chi connectivity index (χ1n) is 9.75. The van der Waals surface area contributed by atoms with E-state index in [0.29, 0.717) is 35.3 Å². The number of hydrogen-bond donors (Lipinski definition) is 1. The largest absolute Gasteiger partial charge is 0.493 e. The Morgan fingerprint density at radius 3 is 2.63 bits per heavy atom. The maximum atomic E-state index is 13.3. The summed E-state index contributed by atoms with van der Waals surface area (Å²) in [7, 11) is 3.12. The summed E-state index contributed by atoms with van der Waals surface area (Å²) in [5, 5.41) is 7.01. The summed E-state index contributed by atoms with van der Waals surface area (Å²) in [6, 6.07) is 12.4. The van der Waals surface area contributed by atoms with Crippen LogP contribution in [0.3, 0.4) is 0 Å². The van der Waals surface area contributed by atoms with E-state index >= 15 is 0 Å². The number of nitrogens with one attached hydrogen (secondary N) is 1. The third-order valence-corrected chi connectivity index (χ3v) is 5.09. The predicted molar refractivity (Wildman–Crippen MR) is 112 cm³/mol. The van der Waals surface area contributed by atoms with E-state index in [4.69, 9.17) is 14.0 Å². The van der Waals surface area contributed by atoms with Gasteiger partial charge in [-0.05, 0) is 23.8 Å². The fourth-order valence-electron chi connectivity index (χ4n) is 3.55. The lowest BCUT2D eigenvalue weighted by atomic mass is 10.1. The van der Waals surface area contributed by atoms with Gasteiger partial charge in [0.1, 0.15) is 6.04 Å². The monoisotopic (exact) mass is 408 g/mol. The average Bonchev–Trinajstić information content (AvgIpc) is 3.38. The predicted octanol–water partition coefficient (Wildman–Crippen LogP) is 4.55. The number of fused-ring (bicyclic) bond motifs is 1. The lowest BCUT2D eigenvalue weighted by Crippen LogP contribution is -2.36. The average molecular weight is 408 g/mol. The molecule has 1 atom stereocenters. The van der Waals surface area contributed by atoms with E-state index in [1.807, 2.05) is 38.1 Å². The maximum Gasteiger partial charge on any atom is 0.327 e. The quantitative estimate of drug-likeness (QED) is 0.666. The van der Waals surface area contributed by atoms with Gasteiger partial charge in [-0.15, -0.1) is 0 Å². The Labute approximate surface area is 174 Å². The number of carbonyl (C=O) groups is 1. The van der Waals surface area contributed by atoms with Crippen molar-refractivity contribution < 1.29 is 18.8 Å². The summed E-state index contributed by atoms with van der Waals surface area (Å²) in [5.74, 6) is 2.32. The first-order chi connectivity index (χ1) is 14.5. The van der Waals surface area contributed by atoms with Gasteiger partial charge in [-0.3, -0.25) is 4.90 Å². The number of amides is 2. The van der Waals surface area contributed by atoms with Crippen LogP contribution in [0, 0.1) is 0 Å². The zero-order valence-electron chi connectivity index (χ0n) is 17.4. The van der Waals surface area contributed by atoms with E-state index in [1.165, 1.54) is 0 Å². The number of urea groups is 1. The summed E-state index contributed by atoms with van der Waals surface area (Å²) in [5.41, 5.74) is 2.47. The molecule has 0 saturated carbocycles. The molecule has 156 valence electrons. The van der Waals surface area contributed by atoms with Crippen LogP contribution in [-0.4, -0.2) is 30.4 Å². The number of benzene rings is 2. The van der Waals surface area contributed by atoms with Gasteiger partial charge in [-0.1, -0.05) is 37.2 Å². The van der Waals surface area contributed by atoms with Crippen LogP contribution in [0.4, 0.5) is 16.2 Å². The molecule has 30 heavy (non-hydrogen) atoms. The van der Waals surface area contributed by atoms with Gasteiger partial charge in [0.15, 0.2) is 17.3 Å². The molecule has 3 aromatic rings. The molecule has 0 fully saturated rings. The zero-order valence-corrected chi connectivity index (χ0v) is 17.4. The molecule has 1 aliphatic heterocycles. The van der Waals surface area contributed by atoms with E-state index in [2.05, 4.69) is 15.5 Å². The van der Waals surface area contributed by atoms with Crippen LogP contribution < -0.4 is 19.7 Å². The lowest BCUT2D eigenvalue weighted by Gasteiger charge is -2.23. The van der Waals surface area contributed by atoms with Gasteiger partial charge in [-0.2, -0.15) is 4.98 Å². The smallest absolute Gasteiger partial charge is 0.327 e. The van der Waals surface area contributed by atoms with Crippen molar-refractivity contribution in [3.63, 3.8) is 0 Å². The van der Waals surface area contributed by atoms with Crippen molar-refractivity contribution in [1.29, 1.82) is 0 Å². The number of ether oxygens (including phenoxy) is 2. The Morgan fingerprint density at radius 1 is 1.17 bits per heavy atom. The summed E-state index contributed by atoms with van der Waals surface area (Å²) in [4.78, 5) is 19.5. The van der Waals surface area contributed by atoms with Crippen LogP contribution in [-0.2, 0) is 6.42 Å². The van der Waals surface area contributed by atoms with Crippen molar-refractivity contribution in [2.45, 2.75) is 32.2 Å². The number of aromatic nitrogens is 2. The molecule has 0 bridgehead atoms. The van der Waals surface area contributed by atoms with Crippen molar-refractivity contribution in [1.82, 2.24) is 10.1 Å². The van der Waals surface area contributed by atoms with Crippen molar-refractivity contribution in [3.8, 4) is 11.5 Å². The minimum Gasteiger partial charge on any atom is -0.493 e. The first-order valence-corrected chi connectivity index (χ1v) is 9.75. The zero-order chi connectivity index (χ0) is 21.3. The normalized spacial score (nSPS) is 15.2. The Hall–Kier alpha value is -3.55. The fraction of sp³-hybridized carbons (Fsp3) is 0.318. The second kappa shape index (κ2) is 8.06. The van der Waals surface area contributed by atoms with E-state index in [-0.39, 0.29) is 18.0 Å². The SMILES string of the molecule is COc1ccc(NC(=O)N2c3ccccc3CC2c2nc(C(C)C)no2)cc1OC. The molecular weight excluding hydrogens is 384 g/mol. The van der Waals surface area contributed by atoms with E-state index in [9.17, 15) is 4.79 Å². The van der Waals surface area contributed by atoms with E-state index in [0.717, 1.165) is 11.3 Å². The van der Waals surface area contributed by atoms with Gasteiger partial charge in [-0.25, -0.2) is 4.79 Å². The second-order valence-electron chi connectivity index (χ2n) is 7.36. The molecule has 2 amide bonds. The van der Waals surface area contributed by atoms with Gasteiger partial charge < -0.3 is 19.3 Å². The topological polar surface area (TPSA) is 89.7 Å². The number of nitrogens with zero attached hydrogens (tertiary/aromatic N) is 3. The molecule has 8 heteroatoms. The number of methoxy groups -OCH3 is 2. The molecule has 2 heterocycles. The molecule has 2 aromatic carbocycles. The Kier molecular flexibility index (Phi) is 5.31. The van der Waals surface area contributed by atoms with Crippen molar-refractivity contribution in [2.24, 2.45) is 0 Å². The molecule has 4 rings (SSSR count). The standard InChI is InChI=1S/C22H24N4O4/c1-13(2)20-24-21(30-25-20)17-11-14-7-5-6-8-16(14)26(17)22(27)23-15-9-10-18(28-3)19(12-15)29-4/h5-10,12-13,17H,11H2,1-4H3,(H,23,27). The molecule has 1 N–H and O–H groups in total. The first kappa shape index (κ1) is 19.8. The third kappa shape index (κ3) is 3.56. The minimum absolute atomic E-state index is 0.139. The number of carbonyl (C=O) groups excluding carboxylic acids is 1. The number of para-hydroxylation sites is 1. The van der Waals surface area contributed by atoms with E-state index < -0.39 is 0 Å². The third-order valence-electron chi connectivity index (χ3n) is 5.09. The molecule has 0 saturated heterocycles. The van der Waals surface area contributed by atoms with Crippen LogP contribution in [0.2, 0.25) is 0 Å². The molecule has 1 aliphatic rings. The molecular formula is C22H24N4O4. The number of anilines is 2. The highest BCUT2D eigenvalue weighted by molar-refractivity contribution is 6.03. The lowest BCUT2D eigenvalue weighted by molar-refractivity contribution is 0.253. The highest BCUT2D eigenvalue weighted by atomic mass is 16.5. The molecule has 8 nitrogen and oxygen atoms in total. The van der Waals surface area contributed by atoms with Crippen molar-refractivity contribution in [3.05, 3.63) is 59.7 Å². The Morgan fingerprint density at radius 2 is 1.93 bits per heavy atom. The summed E-state index contributed by atoms with van der Waals surface area (Å²) in [6.45, 7) is 4.00. The minimum atomic E-state index is -0.373. The Bertz CT molecular complexity index is 1060. The van der Waals surface area contributed by atoms with Crippen molar-refractivity contribution in [2.75, 3.05) is 24.4 Å². The fourth-order valence-corrected chi connectivity index (χ4v) is 3.55. The van der Waals surface area contributed by atoms with Gasteiger partial charge in [0.2, 0.25) is 5.89 Å². The van der Waals surface area contributed by atoms with Gasteiger partial charge >= 0.3 is 6.03 Å². The number of rotatable bonds is 5. The van der Waals surface area contributed by atoms with Gasteiger partial charge in [0.05, 0.1) is 14.2 Å². The summed E-state index contributed by atoms with van der Waals surface area (Å²) >= 11 is 0. The summed E-state index contributed by atoms with van der Waals surface area (Å²) < 4.78 is 16.1.